The van der Waals surface area contributed by atoms with Crippen LogP contribution in [0.15, 0.2) is 18.2 Å². The summed E-state index contributed by atoms with van der Waals surface area (Å²) in [4.78, 5) is 1.94. The maximum Gasteiger partial charge on any atom is 0.125 e. The lowest BCUT2D eigenvalue weighted by Crippen LogP contribution is -2.21. The molecule has 0 aliphatic heterocycles. The Labute approximate surface area is 91.1 Å². The Morgan fingerprint density at radius 1 is 1.40 bits per heavy atom. The molecule has 15 heavy (non-hydrogen) atoms. The lowest BCUT2D eigenvalue weighted by atomic mass is 10.1. The van der Waals surface area contributed by atoms with Crippen LogP contribution in [0.5, 0.6) is 0 Å². The first-order chi connectivity index (χ1) is 7.06. The van der Waals surface area contributed by atoms with Crippen LogP contribution < -0.4 is 10.2 Å². The smallest absolute Gasteiger partial charge is 0.125 e. The summed E-state index contributed by atoms with van der Waals surface area (Å²) in [5.41, 5.74) is 2.06. The van der Waals surface area contributed by atoms with Crippen LogP contribution in [0.1, 0.15) is 25.5 Å². The summed E-state index contributed by atoms with van der Waals surface area (Å²) in [5, 5.41) is 3.33. The molecule has 0 fully saturated rings. The van der Waals surface area contributed by atoms with E-state index < -0.39 is 0 Å². The van der Waals surface area contributed by atoms with Crippen LogP contribution >= 0.6 is 0 Å². The van der Waals surface area contributed by atoms with Gasteiger partial charge >= 0.3 is 0 Å². The average molecular weight is 210 g/mol. The zero-order valence-corrected chi connectivity index (χ0v) is 9.84. The molecule has 1 aromatic rings. The van der Waals surface area contributed by atoms with Gasteiger partial charge in [-0.15, -0.1) is 0 Å². The molecule has 0 bridgehead atoms. The van der Waals surface area contributed by atoms with Gasteiger partial charge in [-0.2, -0.15) is 0 Å². The summed E-state index contributed by atoms with van der Waals surface area (Å²) in [5.74, 6) is -0.189. The predicted molar refractivity (Wildman–Crippen MR) is 62.8 cm³/mol. The zero-order valence-electron chi connectivity index (χ0n) is 9.84. The highest BCUT2D eigenvalue weighted by Gasteiger charge is 2.11. The van der Waals surface area contributed by atoms with Gasteiger partial charge in [0.2, 0.25) is 0 Å². The Morgan fingerprint density at radius 3 is 2.60 bits per heavy atom. The molecule has 2 nitrogen and oxygen atoms in total. The van der Waals surface area contributed by atoms with Crippen LogP contribution in [0.2, 0.25) is 0 Å². The zero-order chi connectivity index (χ0) is 11.4. The van der Waals surface area contributed by atoms with Crippen molar-refractivity contribution < 1.29 is 4.39 Å². The standard InChI is InChI=1S/C12H19FN2/c1-5-14-9(2)11-7-6-10(13)8-12(11)15(3)4/h6-9,14H,5H2,1-4H3. The lowest BCUT2D eigenvalue weighted by molar-refractivity contribution is 0.591. The average Bonchev–Trinajstić information content (AvgIpc) is 2.17. The van der Waals surface area contributed by atoms with Crippen molar-refractivity contribution in [2.24, 2.45) is 0 Å². The van der Waals surface area contributed by atoms with Gasteiger partial charge in [0.25, 0.3) is 0 Å². The molecule has 0 spiro atoms. The molecule has 3 heteroatoms. The summed E-state index contributed by atoms with van der Waals surface area (Å²) < 4.78 is 13.1. The normalized spacial score (nSPS) is 12.6. The molecule has 0 saturated carbocycles. The van der Waals surface area contributed by atoms with E-state index in [2.05, 4.69) is 19.2 Å². The summed E-state index contributed by atoms with van der Waals surface area (Å²) in [6, 6.07) is 5.17. The van der Waals surface area contributed by atoms with Gasteiger partial charge < -0.3 is 10.2 Å². The molecular formula is C12H19FN2. The first-order valence-corrected chi connectivity index (χ1v) is 5.26. The Bertz CT molecular complexity index is 323. The molecule has 0 aliphatic carbocycles. The van der Waals surface area contributed by atoms with Crippen molar-refractivity contribution in [3.8, 4) is 0 Å². The fraction of sp³-hybridized carbons (Fsp3) is 0.500. The van der Waals surface area contributed by atoms with E-state index in [-0.39, 0.29) is 11.9 Å². The second-order valence-electron chi connectivity index (χ2n) is 3.88. The monoisotopic (exact) mass is 210 g/mol. The maximum absolute atomic E-state index is 13.1. The molecule has 1 rings (SSSR count). The largest absolute Gasteiger partial charge is 0.377 e. The van der Waals surface area contributed by atoms with Gasteiger partial charge in [-0.05, 0) is 31.2 Å². The summed E-state index contributed by atoms with van der Waals surface area (Å²) >= 11 is 0. The fourth-order valence-corrected chi connectivity index (χ4v) is 1.69. The highest BCUT2D eigenvalue weighted by molar-refractivity contribution is 5.54. The number of halogens is 1. The van der Waals surface area contributed by atoms with Gasteiger partial charge in [0.05, 0.1) is 0 Å². The van der Waals surface area contributed by atoms with E-state index in [0.29, 0.717) is 0 Å². The third-order valence-electron chi connectivity index (χ3n) is 2.45. The number of nitrogens with zero attached hydrogens (tertiary/aromatic N) is 1. The minimum atomic E-state index is -0.189. The fourth-order valence-electron chi connectivity index (χ4n) is 1.69. The Hall–Kier alpha value is -1.09. The second-order valence-corrected chi connectivity index (χ2v) is 3.88. The van der Waals surface area contributed by atoms with Crippen molar-refractivity contribution in [3.63, 3.8) is 0 Å². The third-order valence-corrected chi connectivity index (χ3v) is 2.45. The molecule has 0 radical (unpaired) electrons. The topological polar surface area (TPSA) is 15.3 Å². The van der Waals surface area contributed by atoms with Crippen LogP contribution in [0, 0.1) is 5.82 Å². The van der Waals surface area contributed by atoms with E-state index in [9.17, 15) is 4.39 Å². The quantitative estimate of drug-likeness (QED) is 0.821. The van der Waals surface area contributed by atoms with Gasteiger partial charge in [-0.25, -0.2) is 4.39 Å². The molecule has 0 saturated heterocycles. The summed E-state index contributed by atoms with van der Waals surface area (Å²) in [6.45, 7) is 5.06. The van der Waals surface area contributed by atoms with Crippen LogP contribution in [0.3, 0.4) is 0 Å². The minimum absolute atomic E-state index is 0.189. The van der Waals surface area contributed by atoms with Gasteiger partial charge in [-0.1, -0.05) is 13.0 Å². The van der Waals surface area contributed by atoms with Crippen molar-refractivity contribution in [3.05, 3.63) is 29.6 Å². The van der Waals surface area contributed by atoms with Crippen LogP contribution in [-0.2, 0) is 0 Å². The van der Waals surface area contributed by atoms with Gasteiger partial charge in [-0.3, -0.25) is 0 Å². The van der Waals surface area contributed by atoms with Gasteiger partial charge in [0.1, 0.15) is 5.82 Å². The van der Waals surface area contributed by atoms with Crippen molar-refractivity contribution in [2.75, 3.05) is 25.5 Å². The molecule has 1 unspecified atom stereocenters. The SMILES string of the molecule is CCNC(C)c1ccc(F)cc1N(C)C. The number of hydrogen-bond acceptors (Lipinski definition) is 2. The van der Waals surface area contributed by atoms with E-state index in [1.807, 2.05) is 25.1 Å². The number of rotatable bonds is 4. The van der Waals surface area contributed by atoms with Crippen molar-refractivity contribution >= 4 is 5.69 Å². The number of benzene rings is 1. The van der Waals surface area contributed by atoms with Crippen LogP contribution in [0.4, 0.5) is 10.1 Å². The molecule has 1 atom stereocenters. The van der Waals surface area contributed by atoms with Crippen LogP contribution in [-0.4, -0.2) is 20.6 Å². The Morgan fingerprint density at radius 2 is 2.07 bits per heavy atom. The summed E-state index contributed by atoms with van der Waals surface area (Å²) in [6.07, 6.45) is 0. The number of hydrogen-bond donors (Lipinski definition) is 1. The summed E-state index contributed by atoms with van der Waals surface area (Å²) in [7, 11) is 3.86. The van der Waals surface area contributed by atoms with E-state index >= 15 is 0 Å². The number of anilines is 1. The molecule has 0 heterocycles. The van der Waals surface area contributed by atoms with Crippen molar-refractivity contribution in [1.29, 1.82) is 0 Å². The molecular weight excluding hydrogens is 191 g/mol. The first-order valence-electron chi connectivity index (χ1n) is 5.26. The number of nitrogens with one attached hydrogen (secondary N) is 1. The molecule has 0 aromatic heterocycles. The lowest BCUT2D eigenvalue weighted by Gasteiger charge is -2.22. The van der Waals surface area contributed by atoms with Crippen LogP contribution in [0.25, 0.3) is 0 Å². The predicted octanol–water partition coefficient (Wildman–Crippen LogP) is 2.56. The van der Waals surface area contributed by atoms with Gasteiger partial charge in [0.15, 0.2) is 0 Å². The van der Waals surface area contributed by atoms with Crippen molar-refractivity contribution in [1.82, 2.24) is 5.32 Å². The van der Waals surface area contributed by atoms with E-state index in [0.717, 1.165) is 17.8 Å². The Balaban J connectivity index is 3.05. The highest BCUT2D eigenvalue weighted by atomic mass is 19.1. The molecule has 0 aliphatic rings. The third kappa shape index (κ3) is 2.93. The van der Waals surface area contributed by atoms with E-state index in [1.54, 1.807) is 6.07 Å². The van der Waals surface area contributed by atoms with E-state index in [1.165, 1.54) is 6.07 Å². The molecule has 0 amide bonds. The van der Waals surface area contributed by atoms with E-state index in [4.69, 9.17) is 0 Å². The maximum atomic E-state index is 13.1. The van der Waals surface area contributed by atoms with Crippen molar-refractivity contribution in [2.45, 2.75) is 19.9 Å². The second kappa shape index (κ2) is 5.12. The Kier molecular flexibility index (Phi) is 4.09. The molecule has 1 N–H and O–H groups in total. The van der Waals surface area contributed by atoms with Gasteiger partial charge in [0, 0.05) is 25.8 Å². The molecule has 1 aromatic carbocycles. The first kappa shape index (κ1) is 12.0. The minimum Gasteiger partial charge on any atom is -0.377 e. The highest BCUT2D eigenvalue weighted by Crippen LogP contribution is 2.25. The molecule has 84 valence electrons.